The van der Waals surface area contributed by atoms with E-state index in [4.69, 9.17) is 10.1 Å². The van der Waals surface area contributed by atoms with Gasteiger partial charge in [-0.15, -0.1) is 0 Å². The predicted octanol–water partition coefficient (Wildman–Crippen LogP) is 6.77. The number of aliphatic imine (C=N–C) groups is 1. The average Bonchev–Trinajstić information content (AvgIpc) is 3.20. The molecule has 0 aromatic heterocycles. The van der Waals surface area contributed by atoms with Crippen molar-refractivity contribution < 1.29 is 23.9 Å². The molecule has 7 nitrogen and oxygen atoms in total. The van der Waals surface area contributed by atoms with Gasteiger partial charge in [0.15, 0.2) is 0 Å². The van der Waals surface area contributed by atoms with Crippen LogP contribution in [-0.4, -0.2) is 45.7 Å². The Morgan fingerprint density at radius 2 is 1.67 bits per heavy atom. The third-order valence-electron chi connectivity index (χ3n) is 8.83. The van der Waals surface area contributed by atoms with Gasteiger partial charge in [0.25, 0.3) is 11.8 Å². The molecule has 0 radical (unpaired) electrons. The SMILES string of the molecule is CC(C)CC[C@H](c1ccc(C(=O)NCCC(=O)O)cc1)N1C(=O)C(c2ccc(F)cc2)=NC12CCC(C(C)(C)C)CC2. The summed E-state index contributed by atoms with van der Waals surface area (Å²) in [5, 5.41) is 11.5. The van der Waals surface area contributed by atoms with Crippen LogP contribution in [0.25, 0.3) is 0 Å². The summed E-state index contributed by atoms with van der Waals surface area (Å²) in [6.07, 6.45) is 4.93. The molecule has 2 aliphatic rings. The fraction of sp³-hybridized carbons (Fsp3) is 0.529. The van der Waals surface area contributed by atoms with Crippen molar-refractivity contribution in [1.82, 2.24) is 10.2 Å². The maximum Gasteiger partial charge on any atom is 0.305 e. The maximum atomic E-state index is 14.3. The fourth-order valence-electron chi connectivity index (χ4n) is 6.32. The summed E-state index contributed by atoms with van der Waals surface area (Å²) in [7, 11) is 0. The second-order valence-corrected chi connectivity index (χ2v) is 13.3. The van der Waals surface area contributed by atoms with E-state index in [1.165, 1.54) is 12.1 Å². The zero-order chi connectivity index (χ0) is 30.7. The molecule has 0 bridgehead atoms. The van der Waals surface area contributed by atoms with E-state index in [2.05, 4.69) is 39.9 Å². The van der Waals surface area contributed by atoms with Gasteiger partial charge >= 0.3 is 5.97 Å². The largest absolute Gasteiger partial charge is 0.481 e. The Hall–Kier alpha value is -3.55. The third kappa shape index (κ3) is 7.08. The van der Waals surface area contributed by atoms with Crippen molar-refractivity contribution in [3.05, 3.63) is 71.0 Å². The summed E-state index contributed by atoms with van der Waals surface area (Å²) in [5.74, 6) is -0.851. The van der Waals surface area contributed by atoms with Gasteiger partial charge in [-0.25, -0.2) is 4.39 Å². The van der Waals surface area contributed by atoms with Crippen molar-refractivity contribution in [2.45, 2.75) is 91.3 Å². The summed E-state index contributed by atoms with van der Waals surface area (Å²) in [6.45, 7) is 11.2. The van der Waals surface area contributed by atoms with E-state index in [1.807, 2.05) is 17.0 Å². The summed E-state index contributed by atoms with van der Waals surface area (Å²) in [6, 6.07) is 13.0. The van der Waals surface area contributed by atoms with Gasteiger partial charge in [0, 0.05) is 17.7 Å². The molecule has 1 aliphatic carbocycles. The molecule has 1 spiro atoms. The molecule has 2 aromatic rings. The van der Waals surface area contributed by atoms with Crippen LogP contribution in [0.1, 0.15) is 107 Å². The zero-order valence-corrected chi connectivity index (χ0v) is 25.5. The van der Waals surface area contributed by atoms with E-state index in [0.29, 0.717) is 28.7 Å². The first-order chi connectivity index (χ1) is 19.8. The topological polar surface area (TPSA) is 99.1 Å². The molecular weight excluding hydrogens is 533 g/mol. The molecule has 226 valence electrons. The zero-order valence-electron chi connectivity index (χ0n) is 25.5. The van der Waals surface area contributed by atoms with Crippen molar-refractivity contribution in [3.63, 3.8) is 0 Å². The molecule has 4 rings (SSSR count). The monoisotopic (exact) mass is 577 g/mol. The standard InChI is InChI=1S/C34H44FN3O4/c1-22(2)6-15-28(23-7-9-25(10-8-23)31(41)36-21-18-29(39)40)38-32(42)30(24-11-13-27(35)14-12-24)37-34(38)19-16-26(17-20-34)33(3,4)5/h7-14,22,26,28H,6,15-21H2,1-5H3,(H,36,41)(H,39,40)/t26?,28-,34?/m1/s1. The number of nitrogens with one attached hydrogen (secondary N) is 1. The minimum Gasteiger partial charge on any atom is -0.481 e. The minimum absolute atomic E-state index is 0.0524. The number of carbonyl (C=O) groups is 3. The molecule has 1 fully saturated rings. The lowest BCUT2D eigenvalue weighted by atomic mass is 9.69. The number of amides is 2. The van der Waals surface area contributed by atoms with Crippen LogP contribution in [0, 0.1) is 23.1 Å². The van der Waals surface area contributed by atoms with Crippen molar-refractivity contribution in [2.75, 3.05) is 6.54 Å². The molecule has 42 heavy (non-hydrogen) atoms. The van der Waals surface area contributed by atoms with E-state index in [0.717, 1.165) is 44.1 Å². The van der Waals surface area contributed by atoms with Gasteiger partial charge < -0.3 is 15.3 Å². The van der Waals surface area contributed by atoms with Crippen LogP contribution in [0.3, 0.4) is 0 Å². The van der Waals surface area contributed by atoms with Crippen LogP contribution >= 0.6 is 0 Å². The van der Waals surface area contributed by atoms with E-state index in [-0.39, 0.29) is 42.1 Å². The Balaban J connectivity index is 1.70. The van der Waals surface area contributed by atoms with Gasteiger partial charge in [-0.1, -0.05) is 46.8 Å². The molecule has 0 saturated heterocycles. The van der Waals surface area contributed by atoms with Crippen molar-refractivity contribution in [1.29, 1.82) is 0 Å². The van der Waals surface area contributed by atoms with Gasteiger partial charge in [-0.2, -0.15) is 0 Å². The minimum atomic E-state index is -0.971. The van der Waals surface area contributed by atoms with E-state index < -0.39 is 11.6 Å². The Kier molecular flexibility index (Phi) is 9.53. The molecule has 0 unspecified atom stereocenters. The Bertz CT molecular complexity index is 1300. The lowest BCUT2D eigenvalue weighted by molar-refractivity contribution is -0.137. The first-order valence-electron chi connectivity index (χ1n) is 15.1. The number of carbonyl (C=O) groups excluding carboxylic acids is 2. The Labute approximate surface area is 248 Å². The molecule has 8 heteroatoms. The normalized spacial score (nSPS) is 21.5. The summed E-state index contributed by atoms with van der Waals surface area (Å²) in [5.41, 5.74) is 1.85. The van der Waals surface area contributed by atoms with E-state index in [9.17, 15) is 18.8 Å². The van der Waals surface area contributed by atoms with Crippen LogP contribution in [0.5, 0.6) is 0 Å². The molecule has 2 amide bonds. The van der Waals surface area contributed by atoms with Crippen LogP contribution in [-0.2, 0) is 9.59 Å². The van der Waals surface area contributed by atoms with Crippen LogP contribution in [0.2, 0.25) is 0 Å². The maximum absolute atomic E-state index is 14.3. The number of aliphatic carboxylic acids is 1. The number of nitrogens with zero attached hydrogens (tertiary/aromatic N) is 2. The van der Waals surface area contributed by atoms with Crippen molar-refractivity contribution >= 4 is 23.5 Å². The molecule has 2 aromatic carbocycles. The smallest absolute Gasteiger partial charge is 0.305 e. The number of hydrogen-bond donors (Lipinski definition) is 2. The van der Waals surface area contributed by atoms with Crippen LogP contribution in [0.15, 0.2) is 53.5 Å². The van der Waals surface area contributed by atoms with Gasteiger partial charge in [0.05, 0.1) is 12.5 Å². The summed E-state index contributed by atoms with van der Waals surface area (Å²) >= 11 is 0. The molecule has 1 saturated carbocycles. The highest BCUT2D eigenvalue weighted by Crippen LogP contribution is 2.50. The third-order valence-corrected chi connectivity index (χ3v) is 8.83. The number of halogens is 1. The quantitative estimate of drug-likeness (QED) is 0.325. The lowest BCUT2D eigenvalue weighted by Crippen LogP contribution is -2.51. The predicted molar refractivity (Wildman–Crippen MR) is 162 cm³/mol. The van der Waals surface area contributed by atoms with Gasteiger partial charge in [-0.05, 0) is 97.7 Å². The second kappa shape index (κ2) is 12.8. The summed E-state index contributed by atoms with van der Waals surface area (Å²) < 4.78 is 13.8. The molecule has 1 atom stereocenters. The van der Waals surface area contributed by atoms with E-state index >= 15 is 0 Å². The molecule has 1 heterocycles. The summed E-state index contributed by atoms with van der Waals surface area (Å²) in [4.78, 5) is 44.9. The number of rotatable bonds is 10. The van der Waals surface area contributed by atoms with Gasteiger partial charge in [-0.3, -0.25) is 19.4 Å². The van der Waals surface area contributed by atoms with Crippen molar-refractivity contribution in [2.24, 2.45) is 22.2 Å². The molecule has 1 aliphatic heterocycles. The molecular formula is C34H44FN3O4. The Morgan fingerprint density at radius 1 is 1.05 bits per heavy atom. The first kappa shape index (κ1) is 31.4. The highest BCUT2D eigenvalue weighted by molar-refractivity contribution is 6.46. The first-order valence-corrected chi connectivity index (χ1v) is 15.1. The van der Waals surface area contributed by atoms with Crippen LogP contribution in [0.4, 0.5) is 4.39 Å². The highest BCUT2D eigenvalue weighted by atomic mass is 19.1. The molecule has 2 N–H and O–H groups in total. The number of hydrogen-bond acceptors (Lipinski definition) is 4. The lowest BCUT2D eigenvalue weighted by Gasteiger charge is -2.47. The number of carboxylic acid groups (broad SMARTS) is 1. The second-order valence-electron chi connectivity index (χ2n) is 13.3. The Morgan fingerprint density at radius 3 is 2.21 bits per heavy atom. The van der Waals surface area contributed by atoms with Gasteiger partial charge in [0.2, 0.25) is 0 Å². The number of carboxylic acids is 1. The number of benzene rings is 2. The average molecular weight is 578 g/mol. The van der Waals surface area contributed by atoms with Crippen LogP contribution < -0.4 is 5.32 Å². The van der Waals surface area contributed by atoms with Gasteiger partial charge in [0.1, 0.15) is 17.2 Å². The fourth-order valence-corrected chi connectivity index (χ4v) is 6.32. The van der Waals surface area contributed by atoms with Crippen molar-refractivity contribution in [3.8, 4) is 0 Å². The van der Waals surface area contributed by atoms with E-state index in [1.54, 1.807) is 24.3 Å². The highest BCUT2D eigenvalue weighted by Gasteiger charge is 2.52.